The van der Waals surface area contributed by atoms with Gasteiger partial charge in [0.05, 0.1) is 24.8 Å². The molecule has 0 atom stereocenters. The van der Waals surface area contributed by atoms with Crippen LogP contribution in [0.2, 0.25) is 5.02 Å². The maximum atomic E-state index is 14.0. The van der Waals surface area contributed by atoms with Crippen molar-refractivity contribution in [2.75, 3.05) is 19.5 Å². The normalized spacial score (nSPS) is 10.6. The lowest BCUT2D eigenvalue weighted by molar-refractivity contribution is 0.0599. The Balaban J connectivity index is 2.22. The summed E-state index contributed by atoms with van der Waals surface area (Å²) in [5.74, 6) is -0.622. The van der Waals surface area contributed by atoms with Gasteiger partial charge in [-0.3, -0.25) is 0 Å². The molecule has 0 aliphatic rings. The summed E-state index contributed by atoms with van der Waals surface area (Å²) in [6, 6.07) is 10.8. The van der Waals surface area contributed by atoms with E-state index >= 15 is 0 Å². The van der Waals surface area contributed by atoms with E-state index in [1.165, 1.54) is 19.4 Å². The van der Waals surface area contributed by atoms with Gasteiger partial charge in [0, 0.05) is 23.5 Å². The smallest absolute Gasteiger partial charge is 0.339 e. The van der Waals surface area contributed by atoms with Crippen molar-refractivity contribution in [1.29, 1.82) is 0 Å². The van der Waals surface area contributed by atoms with Gasteiger partial charge in [-0.1, -0.05) is 11.6 Å². The van der Waals surface area contributed by atoms with Gasteiger partial charge in [0.2, 0.25) is 0 Å². The first-order valence-corrected chi connectivity index (χ1v) is 6.99. The van der Waals surface area contributed by atoms with Crippen molar-refractivity contribution in [3.05, 3.63) is 64.6 Å². The fourth-order valence-corrected chi connectivity index (χ4v) is 2.06. The Morgan fingerprint density at radius 3 is 2.61 bits per heavy atom. The van der Waals surface area contributed by atoms with E-state index in [9.17, 15) is 9.18 Å². The molecule has 0 unspecified atom stereocenters. The summed E-state index contributed by atoms with van der Waals surface area (Å²) in [5.41, 5.74) is 0.757. The summed E-state index contributed by atoms with van der Waals surface area (Å²) >= 11 is 5.73. The largest absolute Gasteiger partial charge is 0.497 e. The van der Waals surface area contributed by atoms with Crippen LogP contribution in [0.15, 0.2) is 36.5 Å². The van der Waals surface area contributed by atoms with Gasteiger partial charge < -0.3 is 14.8 Å². The van der Waals surface area contributed by atoms with Crippen molar-refractivity contribution in [3.8, 4) is 5.75 Å². The molecule has 1 radical (unpaired) electrons. The van der Waals surface area contributed by atoms with Gasteiger partial charge in [-0.25, -0.2) is 9.18 Å². The standard InChI is InChI=1S/C17H14ClFNO3/c1-22-13-5-3-12(4-6-13)20-8-7-14-15(17(21)23-2)9-11(18)10-16(14)19/h3-8,10,20H,1-2H3. The number of hydrogen-bond acceptors (Lipinski definition) is 4. The zero-order valence-electron chi connectivity index (χ0n) is 12.5. The van der Waals surface area contributed by atoms with Crippen molar-refractivity contribution < 1.29 is 18.7 Å². The highest BCUT2D eigenvalue weighted by Crippen LogP contribution is 2.22. The highest BCUT2D eigenvalue weighted by atomic mass is 35.5. The molecule has 4 nitrogen and oxygen atoms in total. The van der Waals surface area contributed by atoms with Gasteiger partial charge >= 0.3 is 5.97 Å². The topological polar surface area (TPSA) is 47.6 Å². The van der Waals surface area contributed by atoms with E-state index in [0.717, 1.165) is 17.5 Å². The van der Waals surface area contributed by atoms with Crippen LogP contribution >= 0.6 is 11.6 Å². The lowest BCUT2D eigenvalue weighted by atomic mass is 10.1. The molecule has 0 fully saturated rings. The number of nitrogens with one attached hydrogen (secondary N) is 1. The molecule has 0 saturated heterocycles. The minimum atomic E-state index is -0.713. The lowest BCUT2D eigenvalue weighted by Gasteiger charge is -2.07. The quantitative estimate of drug-likeness (QED) is 0.834. The summed E-state index contributed by atoms with van der Waals surface area (Å²) in [6.07, 6.45) is 2.92. The number of anilines is 1. The average Bonchev–Trinajstić information content (AvgIpc) is 2.56. The van der Waals surface area contributed by atoms with Gasteiger partial charge in [0.25, 0.3) is 0 Å². The van der Waals surface area contributed by atoms with E-state index in [1.54, 1.807) is 31.4 Å². The van der Waals surface area contributed by atoms with Gasteiger partial charge in [-0.05, 0) is 36.4 Å². The van der Waals surface area contributed by atoms with E-state index in [1.807, 2.05) is 0 Å². The Morgan fingerprint density at radius 2 is 2.00 bits per heavy atom. The molecule has 0 amide bonds. The SMILES string of the molecule is COC(=O)c1[c]c(Cl)cc(F)c1C=CNc1ccc(OC)cc1. The summed E-state index contributed by atoms with van der Waals surface area (Å²) in [4.78, 5) is 11.7. The Bertz CT molecular complexity index is 729. The first-order chi connectivity index (χ1) is 11.0. The Hall–Kier alpha value is -2.53. The fraction of sp³-hybridized carbons (Fsp3) is 0.118. The molecular formula is C17H14ClFNO3. The van der Waals surface area contributed by atoms with E-state index < -0.39 is 11.8 Å². The summed E-state index contributed by atoms with van der Waals surface area (Å²) < 4.78 is 23.7. The number of halogens is 2. The maximum absolute atomic E-state index is 14.0. The number of esters is 1. The second-order valence-corrected chi connectivity index (χ2v) is 4.86. The number of carbonyl (C=O) groups is 1. The van der Waals surface area contributed by atoms with Crippen LogP contribution in [0.5, 0.6) is 5.75 Å². The van der Waals surface area contributed by atoms with Crippen LogP contribution < -0.4 is 10.1 Å². The molecule has 0 heterocycles. The molecule has 2 rings (SSSR count). The number of benzene rings is 2. The van der Waals surface area contributed by atoms with Crippen molar-refractivity contribution >= 4 is 29.3 Å². The number of carbonyl (C=O) groups excluding carboxylic acids is 1. The van der Waals surface area contributed by atoms with Crippen molar-refractivity contribution in [1.82, 2.24) is 0 Å². The lowest BCUT2D eigenvalue weighted by Crippen LogP contribution is -2.06. The third-order valence-electron chi connectivity index (χ3n) is 3.00. The van der Waals surface area contributed by atoms with Crippen LogP contribution in [-0.4, -0.2) is 20.2 Å². The van der Waals surface area contributed by atoms with Gasteiger partial charge in [-0.15, -0.1) is 0 Å². The zero-order chi connectivity index (χ0) is 16.8. The molecule has 1 N–H and O–H groups in total. The minimum Gasteiger partial charge on any atom is -0.497 e. The average molecular weight is 335 g/mol. The number of rotatable bonds is 5. The second kappa shape index (κ2) is 7.65. The molecule has 0 spiro atoms. The van der Waals surface area contributed by atoms with E-state index in [-0.39, 0.29) is 16.1 Å². The van der Waals surface area contributed by atoms with Gasteiger partial charge in [0.1, 0.15) is 11.6 Å². The third kappa shape index (κ3) is 4.23. The second-order valence-electron chi connectivity index (χ2n) is 4.45. The Kier molecular flexibility index (Phi) is 5.60. The first-order valence-electron chi connectivity index (χ1n) is 6.62. The van der Waals surface area contributed by atoms with Crippen molar-refractivity contribution in [2.24, 2.45) is 0 Å². The predicted molar refractivity (Wildman–Crippen MR) is 87.2 cm³/mol. The molecule has 23 heavy (non-hydrogen) atoms. The molecule has 2 aromatic carbocycles. The number of methoxy groups -OCH3 is 2. The zero-order valence-corrected chi connectivity index (χ0v) is 13.3. The van der Waals surface area contributed by atoms with E-state index in [0.29, 0.717) is 0 Å². The van der Waals surface area contributed by atoms with Crippen LogP contribution in [0.3, 0.4) is 0 Å². The maximum Gasteiger partial charge on any atom is 0.339 e. The molecule has 119 valence electrons. The van der Waals surface area contributed by atoms with E-state index in [4.69, 9.17) is 16.3 Å². The third-order valence-corrected chi connectivity index (χ3v) is 3.21. The molecule has 0 aliphatic heterocycles. The molecular weight excluding hydrogens is 321 g/mol. The van der Waals surface area contributed by atoms with Crippen LogP contribution in [0, 0.1) is 11.9 Å². The van der Waals surface area contributed by atoms with Gasteiger partial charge in [0.15, 0.2) is 0 Å². The Labute approximate surface area is 138 Å². The molecule has 0 aliphatic carbocycles. The van der Waals surface area contributed by atoms with Crippen molar-refractivity contribution in [3.63, 3.8) is 0 Å². The fourth-order valence-electron chi connectivity index (χ4n) is 1.87. The molecule has 0 bridgehead atoms. The first kappa shape index (κ1) is 16.8. The molecule has 6 heteroatoms. The highest BCUT2D eigenvalue weighted by molar-refractivity contribution is 6.30. The highest BCUT2D eigenvalue weighted by Gasteiger charge is 2.16. The molecule has 0 saturated carbocycles. The van der Waals surface area contributed by atoms with Crippen LogP contribution in [0.25, 0.3) is 6.08 Å². The number of ether oxygens (including phenoxy) is 2. The summed E-state index contributed by atoms with van der Waals surface area (Å²) in [5, 5.41) is 2.97. The summed E-state index contributed by atoms with van der Waals surface area (Å²) in [6.45, 7) is 0. The van der Waals surface area contributed by atoms with Crippen molar-refractivity contribution in [2.45, 2.75) is 0 Å². The van der Waals surface area contributed by atoms with Crippen LogP contribution in [0.4, 0.5) is 10.1 Å². The molecule has 2 aromatic rings. The predicted octanol–water partition coefficient (Wildman–Crippen LogP) is 4.16. The van der Waals surface area contributed by atoms with Crippen LogP contribution in [0.1, 0.15) is 15.9 Å². The Morgan fingerprint density at radius 1 is 1.30 bits per heavy atom. The minimum absolute atomic E-state index is 0.00293. The monoisotopic (exact) mass is 334 g/mol. The van der Waals surface area contributed by atoms with E-state index in [2.05, 4.69) is 16.1 Å². The number of hydrogen-bond donors (Lipinski definition) is 1. The van der Waals surface area contributed by atoms with Gasteiger partial charge in [-0.2, -0.15) is 0 Å². The molecule has 0 aromatic heterocycles. The van der Waals surface area contributed by atoms with Crippen LogP contribution in [-0.2, 0) is 4.74 Å². The summed E-state index contributed by atoms with van der Waals surface area (Å²) in [7, 11) is 2.79.